The van der Waals surface area contributed by atoms with Gasteiger partial charge in [0.15, 0.2) is 6.61 Å². The molecule has 1 aromatic rings. The van der Waals surface area contributed by atoms with Crippen molar-refractivity contribution in [1.29, 1.82) is 0 Å². The summed E-state index contributed by atoms with van der Waals surface area (Å²) in [5, 5.41) is 2.58. The number of allylic oxidation sites excluding steroid dienone is 2. The zero-order valence-corrected chi connectivity index (χ0v) is 24.7. The van der Waals surface area contributed by atoms with Crippen molar-refractivity contribution in [2.45, 2.75) is 91.0 Å². The number of rotatable bonds is 6. The molecule has 4 rings (SSSR count). The molecular weight excluding hydrogens is 496 g/mol. The summed E-state index contributed by atoms with van der Waals surface area (Å²) in [6, 6.07) is 5.77. The molecule has 0 saturated carbocycles. The van der Waals surface area contributed by atoms with E-state index in [0.29, 0.717) is 25.4 Å². The predicted octanol–water partition coefficient (Wildman–Crippen LogP) is 5.80. The molecule has 216 valence electrons. The number of hydrogen-bond acceptors (Lipinski definition) is 6. The van der Waals surface area contributed by atoms with E-state index >= 15 is 0 Å². The summed E-state index contributed by atoms with van der Waals surface area (Å²) in [6.07, 6.45) is 6.50. The van der Waals surface area contributed by atoms with Gasteiger partial charge in [-0.15, -0.1) is 0 Å². The van der Waals surface area contributed by atoms with E-state index in [1.54, 1.807) is 7.05 Å². The van der Waals surface area contributed by atoms with Gasteiger partial charge in [-0.3, -0.25) is 4.79 Å². The summed E-state index contributed by atoms with van der Waals surface area (Å²) < 4.78 is 25.0. The number of benzene rings is 1. The highest BCUT2D eigenvalue weighted by molar-refractivity contribution is 5.77. The van der Waals surface area contributed by atoms with Gasteiger partial charge in [-0.1, -0.05) is 11.6 Å². The van der Waals surface area contributed by atoms with Crippen LogP contribution in [0, 0.1) is 11.3 Å². The van der Waals surface area contributed by atoms with Crippen LogP contribution in [-0.4, -0.2) is 61.5 Å². The fraction of sp³-hybridized carbons (Fsp3) is 0.677. The minimum atomic E-state index is -0.525. The van der Waals surface area contributed by atoms with Crippen LogP contribution in [0.3, 0.4) is 0 Å². The van der Waals surface area contributed by atoms with Crippen molar-refractivity contribution in [2.75, 3.05) is 33.4 Å². The topological polar surface area (TPSA) is 86.3 Å². The lowest BCUT2D eigenvalue weighted by molar-refractivity contribution is -0.180. The van der Waals surface area contributed by atoms with Crippen molar-refractivity contribution in [3.8, 4) is 11.5 Å². The van der Waals surface area contributed by atoms with E-state index in [1.807, 2.05) is 43.9 Å². The van der Waals surface area contributed by atoms with Crippen LogP contribution in [0.1, 0.15) is 85.3 Å². The number of piperidine rings is 1. The molecule has 3 aliphatic rings. The molecular formula is C31H46N2O6. The van der Waals surface area contributed by atoms with E-state index < -0.39 is 11.2 Å². The Kier molecular flexibility index (Phi) is 8.55. The van der Waals surface area contributed by atoms with Gasteiger partial charge in [0, 0.05) is 43.1 Å². The van der Waals surface area contributed by atoms with Crippen LogP contribution in [0.25, 0.3) is 0 Å². The minimum Gasteiger partial charge on any atom is -0.487 e. The number of nitrogens with one attached hydrogen (secondary N) is 1. The molecule has 1 spiro atoms. The van der Waals surface area contributed by atoms with Crippen LogP contribution >= 0.6 is 0 Å². The van der Waals surface area contributed by atoms with E-state index in [9.17, 15) is 9.59 Å². The summed E-state index contributed by atoms with van der Waals surface area (Å²) in [4.78, 5) is 26.5. The lowest BCUT2D eigenvalue weighted by atomic mass is 9.64. The number of hydrogen-bond donors (Lipinski definition) is 1. The lowest BCUT2D eigenvalue weighted by Crippen LogP contribution is -2.57. The Morgan fingerprint density at radius 3 is 2.72 bits per heavy atom. The van der Waals surface area contributed by atoms with Crippen molar-refractivity contribution in [3.63, 3.8) is 0 Å². The third-order valence-corrected chi connectivity index (χ3v) is 8.16. The number of carbonyl (C=O) groups excluding carboxylic acids is 2. The molecule has 39 heavy (non-hydrogen) atoms. The maximum atomic E-state index is 13.0. The normalized spacial score (nSPS) is 28.0. The fourth-order valence-corrected chi connectivity index (χ4v) is 6.19. The first-order valence-corrected chi connectivity index (χ1v) is 14.2. The molecule has 0 bridgehead atoms. The van der Waals surface area contributed by atoms with Crippen molar-refractivity contribution < 1.29 is 28.5 Å². The molecule has 2 amide bonds. The molecule has 1 aromatic carbocycles. The highest BCUT2D eigenvalue weighted by Crippen LogP contribution is 2.56. The third kappa shape index (κ3) is 6.89. The smallest absolute Gasteiger partial charge is 0.410 e. The van der Waals surface area contributed by atoms with Crippen LogP contribution in [0.4, 0.5) is 4.79 Å². The molecule has 2 fully saturated rings. The molecule has 0 radical (unpaired) electrons. The molecule has 8 heteroatoms. The standard InChI is InChI=1S/C31H46N2O6/c1-21(2)10-8-13-30(6)24-17-31(14-9-15-33(19-31)28(35)39-29(3,4)5)20-37-27(24)23-12-11-22(16-25(23)38-30)36-18-26(34)32-7/h10-12,16,24,27H,8-9,13-15,17-20H2,1-7H3,(H,32,34)/t24-,27+,30+,31-/m0/s1. The summed E-state index contributed by atoms with van der Waals surface area (Å²) in [5.74, 6) is 1.28. The summed E-state index contributed by atoms with van der Waals surface area (Å²) in [5.41, 5.74) is 1.17. The number of nitrogens with zero attached hydrogens (tertiary/aromatic N) is 1. The maximum absolute atomic E-state index is 13.0. The van der Waals surface area contributed by atoms with Crippen molar-refractivity contribution in [2.24, 2.45) is 11.3 Å². The zero-order valence-electron chi connectivity index (χ0n) is 24.7. The quantitative estimate of drug-likeness (QED) is 0.457. The molecule has 1 N–H and O–H groups in total. The van der Waals surface area contributed by atoms with Crippen molar-refractivity contribution >= 4 is 12.0 Å². The Hall–Kier alpha value is -2.74. The Bertz CT molecular complexity index is 1090. The average Bonchev–Trinajstić information content (AvgIpc) is 2.86. The molecule has 0 aromatic heterocycles. The molecule has 8 nitrogen and oxygen atoms in total. The predicted molar refractivity (Wildman–Crippen MR) is 150 cm³/mol. The summed E-state index contributed by atoms with van der Waals surface area (Å²) >= 11 is 0. The Morgan fingerprint density at radius 2 is 2.03 bits per heavy atom. The van der Waals surface area contributed by atoms with Gasteiger partial charge >= 0.3 is 6.09 Å². The van der Waals surface area contributed by atoms with Gasteiger partial charge in [0.1, 0.15) is 22.7 Å². The largest absolute Gasteiger partial charge is 0.487 e. The average molecular weight is 543 g/mol. The first-order chi connectivity index (χ1) is 18.3. The fourth-order valence-electron chi connectivity index (χ4n) is 6.19. The summed E-state index contributed by atoms with van der Waals surface area (Å²) in [7, 11) is 1.59. The Morgan fingerprint density at radius 1 is 1.26 bits per heavy atom. The van der Waals surface area contributed by atoms with Gasteiger partial charge in [-0.2, -0.15) is 0 Å². The van der Waals surface area contributed by atoms with Gasteiger partial charge in [0.05, 0.1) is 12.7 Å². The number of likely N-dealkylation sites (N-methyl/N-ethyl adjacent to an activating group) is 1. The van der Waals surface area contributed by atoms with Crippen LogP contribution in [-0.2, 0) is 14.3 Å². The van der Waals surface area contributed by atoms with Crippen molar-refractivity contribution in [3.05, 3.63) is 35.4 Å². The van der Waals surface area contributed by atoms with Gasteiger partial charge in [-0.25, -0.2) is 4.79 Å². The van der Waals surface area contributed by atoms with E-state index in [2.05, 4.69) is 32.2 Å². The SMILES string of the molecule is CNC(=O)COc1ccc2c(c1)O[C@](C)(CCC=C(C)C)[C@H]1C[C@]3(CCCN(C(=O)OC(C)(C)C)C3)CO[C@H]21. The molecule has 2 saturated heterocycles. The second-order valence-corrected chi connectivity index (χ2v) is 12.9. The van der Waals surface area contributed by atoms with Crippen molar-refractivity contribution in [1.82, 2.24) is 10.2 Å². The highest BCUT2D eigenvalue weighted by atomic mass is 16.6. The molecule has 3 aliphatic heterocycles. The summed E-state index contributed by atoms with van der Waals surface area (Å²) in [6.45, 7) is 14.0. The van der Waals surface area contributed by atoms with E-state index in [0.717, 1.165) is 43.4 Å². The highest BCUT2D eigenvalue weighted by Gasteiger charge is 2.55. The first kappa shape index (κ1) is 29.2. The monoisotopic (exact) mass is 542 g/mol. The van der Waals surface area contributed by atoms with Crippen LogP contribution in [0.15, 0.2) is 29.8 Å². The van der Waals surface area contributed by atoms with Crippen LogP contribution < -0.4 is 14.8 Å². The molecule has 3 heterocycles. The Labute approximate surface area is 233 Å². The van der Waals surface area contributed by atoms with Gasteiger partial charge < -0.3 is 29.2 Å². The number of ether oxygens (including phenoxy) is 4. The number of carbonyl (C=O) groups is 2. The molecule has 0 unspecified atom stereocenters. The van der Waals surface area contributed by atoms with E-state index in [4.69, 9.17) is 18.9 Å². The van der Waals surface area contributed by atoms with E-state index in [1.165, 1.54) is 5.57 Å². The molecule has 0 aliphatic carbocycles. The van der Waals surface area contributed by atoms with Gasteiger partial charge in [-0.05, 0) is 85.8 Å². The lowest BCUT2D eigenvalue weighted by Gasteiger charge is -2.55. The van der Waals surface area contributed by atoms with E-state index in [-0.39, 0.29) is 36.0 Å². The van der Waals surface area contributed by atoms with Gasteiger partial charge in [0.2, 0.25) is 0 Å². The second-order valence-electron chi connectivity index (χ2n) is 12.9. The number of likely N-dealkylation sites (tertiary alicyclic amines) is 1. The first-order valence-electron chi connectivity index (χ1n) is 14.2. The number of amides is 2. The Balaban J connectivity index is 1.60. The van der Waals surface area contributed by atoms with Crippen LogP contribution in [0.2, 0.25) is 0 Å². The zero-order chi connectivity index (χ0) is 28.4. The second kappa shape index (κ2) is 11.4. The number of fused-ring (bicyclic) bond motifs is 3. The third-order valence-electron chi connectivity index (χ3n) is 8.16. The molecule has 4 atom stereocenters. The van der Waals surface area contributed by atoms with Gasteiger partial charge in [0.25, 0.3) is 5.91 Å². The van der Waals surface area contributed by atoms with Crippen LogP contribution in [0.5, 0.6) is 11.5 Å². The maximum Gasteiger partial charge on any atom is 0.410 e. The minimum absolute atomic E-state index is 0.0493.